The molecule has 0 fully saturated rings. The van der Waals surface area contributed by atoms with Crippen molar-refractivity contribution >= 4 is 5.91 Å². The lowest BCUT2D eigenvalue weighted by Crippen LogP contribution is -2.46. The first-order valence-corrected chi connectivity index (χ1v) is 11.4. The molecule has 0 atom stereocenters. The van der Waals surface area contributed by atoms with E-state index in [-0.39, 0.29) is 18.8 Å². The second kappa shape index (κ2) is 10.3. The average Bonchev–Trinajstić information content (AvgIpc) is 2.87. The quantitative estimate of drug-likeness (QED) is 0.448. The van der Waals surface area contributed by atoms with Gasteiger partial charge in [0.05, 0.1) is 12.2 Å². The molecule has 2 aromatic heterocycles. The molecule has 0 radical (unpaired) electrons. The standard InChI is InChI=1S/C27H27N5O3/c1-18(2)22-8-10-23(11-9-22)32-27(35)31(17-21-6-4-19(3)5-7-21)26(34)24(30-32)25(33)29-16-20-12-14-28-15-13-20/h4-15,18H,16-17H2,1-3H3,(H,29,33). The number of nitrogens with one attached hydrogen (secondary N) is 1. The van der Waals surface area contributed by atoms with Crippen molar-refractivity contribution in [2.45, 2.75) is 39.8 Å². The monoisotopic (exact) mass is 469 g/mol. The number of aromatic nitrogens is 4. The van der Waals surface area contributed by atoms with E-state index in [0.717, 1.165) is 31.5 Å². The topological polar surface area (TPSA) is 98.9 Å². The van der Waals surface area contributed by atoms with Gasteiger partial charge in [-0.25, -0.2) is 4.79 Å². The van der Waals surface area contributed by atoms with Crippen LogP contribution in [0.2, 0.25) is 0 Å². The van der Waals surface area contributed by atoms with E-state index in [0.29, 0.717) is 11.6 Å². The molecule has 8 heteroatoms. The van der Waals surface area contributed by atoms with Gasteiger partial charge in [-0.2, -0.15) is 9.78 Å². The first kappa shape index (κ1) is 23.8. The fourth-order valence-corrected chi connectivity index (χ4v) is 3.61. The Morgan fingerprint density at radius 1 is 0.914 bits per heavy atom. The van der Waals surface area contributed by atoms with Crippen molar-refractivity contribution < 1.29 is 4.79 Å². The van der Waals surface area contributed by atoms with Crippen LogP contribution in [0.1, 0.15) is 52.5 Å². The molecule has 2 aromatic carbocycles. The maximum Gasteiger partial charge on any atom is 0.352 e. The van der Waals surface area contributed by atoms with Gasteiger partial charge in [0, 0.05) is 18.9 Å². The minimum absolute atomic E-state index is 0.0230. The minimum Gasteiger partial charge on any atom is -0.346 e. The smallest absolute Gasteiger partial charge is 0.346 e. The molecule has 0 aliphatic rings. The third-order valence-corrected chi connectivity index (χ3v) is 5.74. The predicted octanol–water partition coefficient (Wildman–Crippen LogP) is 3.20. The van der Waals surface area contributed by atoms with Crippen LogP contribution in [-0.2, 0) is 13.1 Å². The van der Waals surface area contributed by atoms with Crippen LogP contribution in [0, 0.1) is 6.92 Å². The number of benzene rings is 2. The Balaban J connectivity index is 1.77. The van der Waals surface area contributed by atoms with Crippen molar-refractivity contribution in [3.8, 4) is 5.69 Å². The molecule has 0 aliphatic heterocycles. The Kier molecular flexibility index (Phi) is 7.01. The molecule has 0 bridgehead atoms. The molecular weight excluding hydrogens is 442 g/mol. The van der Waals surface area contributed by atoms with Crippen molar-refractivity contribution in [3.05, 3.63) is 122 Å². The summed E-state index contributed by atoms with van der Waals surface area (Å²) in [7, 11) is 0. The maximum atomic E-state index is 13.4. The number of nitrogens with zero attached hydrogens (tertiary/aromatic N) is 4. The summed E-state index contributed by atoms with van der Waals surface area (Å²) >= 11 is 0. The Morgan fingerprint density at radius 3 is 2.20 bits per heavy atom. The largest absolute Gasteiger partial charge is 0.352 e. The highest BCUT2D eigenvalue weighted by Gasteiger charge is 2.20. The SMILES string of the molecule is Cc1ccc(Cn2c(=O)c(C(=O)NCc3ccncc3)nn(-c3ccc(C(C)C)cc3)c2=O)cc1. The highest BCUT2D eigenvalue weighted by molar-refractivity contribution is 5.91. The fraction of sp³-hybridized carbons (Fsp3) is 0.222. The second-order valence-electron chi connectivity index (χ2n) is 8.70. The third kappa shape index (κ3) is 5.43. The van der Waals surface area contributed by atoms with Crippen LogP contribution >= 0.6 is 0 Å². The van der Waals surface area contributed by atoms with Gasteiger partial charge in [-0.3, -0.25) is 19.1 Å². The van der Waals surface area contributed by atoms with E-state index in [1.165, 1.54) is 0 Å². The van der Waals surface area contributed by atoms with E-state index in [1.54, 1.807) is 36.7 Å². The number of carbonyl (C=O) groups excluding carboxylic acids is 1. The maximum absolute atomic E-state index is 13.4. The Hall–Kier alpha value is -4.33. The van der Waals surface area contributed by atoms with Gasteiger partial charge in [0.2, 0.25) is 5.69 Å². The van der Waals surface area contributed by atoms with Gasteiger partial charge < -0.3 is 5.32 Å². The summed E-state index contributed by atoms with van der Waals surface area (Å²) in [6.07, 6.45) is 3.24. The molecule has 0 aliphatic carbocycles. The summed E-state index contributed by atoms with van der Waals surface area (Å²) in [4.78, 5) is 43.6. The molecule has 1 amide bonds. The predicted molar refractivity (Wildman–Crippen MR) is 134 cm³/mol. The molecule has 4 aromatic rings. The van der Waals surface area contributed by atoms with Gasteiger partial charge in [0.25, 0.3) is 11.5 Å². The molecule has 1 N–H and O–H groups in total. The summed E-state index contributed by atoms with van der Waals surface area (Å²) in [5.41, 5.74) is 2.53. The second-order valence-corrected chi connectivity index (χ2v) is 8.70. The summed E-state index contributed by atoms with van der Waals surface area (Å²) < 4.78 is 2.16. The van der Waals surface area contributed by atoms with E-state index in [4.69, 9.17) is 0 Å². The van der Waals surface area contributed by atoms with Crippen LogP contribution in [0.5, 0.6) is 0 Å². The summed E-state index contributed by atoms with van der Waals surface area (Å²) in [5, 5.41) is 6.91. The number of carbonyl (C=O) groups is 1. The molecule has 35 heavy (non-hydrogen) atoms. The number of hydrogen-bond acceptors (Lipinski definition) is 5. The lowest BCUT2D eigenvalue weighted by molar-refractivity contribution is 0.0941. The molecule has 0 saturated heterocycles. The van der Waals surface area contributed by atoms with E-state index in [9.17, 15) is 14.4 Å². The molecular formula is C27H27N5O3. The van der Waals surface area contributed by atoms with Crippen molar-refractivity contribution in [2.75, 3.05) is 0 Å². The molecule has 0 saturated carbocycles. The number of rotatable bonds is 7. The van der Waals surface area contributed by atoms with Gasteiger partial charge >= 0.3 is 5.69 Å². The average molecular weight is 470 g/mol. The van der Waals surface area contributed by atoms with Crippen LogP contribution in [0.25, 0.3) is 5.69 Å². The van der Waals surface area contributed by atoms with Crippen LogP contribution in [0.15, 0.2) is 82.6 Å². The van der Waals surface area contributed by atoms with Crippen LogP contribution in [0.4, 0.5) is 0 Å². The minimum atomic E-state index is -0.738. The van der Waals surface area contributed by atoms with E-state index < -0.39 is 17.2 Å². The van der Waals surface area contributed by atoms with Crippen molar-refractivity contribution in [3.63, 3.8) is 0 Å². The molecule has 2 heterocycles. The highest BCUT2D eigenvalue weighted by atomic mass is 16.2. The Morgan fingerprint density at radius 2 is 1.57 bits per heavy atom. The zero-order chi connectivity index (χ0) is 24.9. The van der Waals surface area contributed by atoms with Crippen molar-refractivity contribution in [1.82, 2.24) is 24.6 Å². The van der Waals surface area contributed by atoms with Crippen LogP contribution in [0.3, 0.4) is 0 Å². The molecule has 178 valence electrons. The normalized spacial score (nSPS) is 11.0. The third-order valence-electron chi connectivity index (χ3n) is 5.74. The first-order chi connectivity index (χ1) is 16.8. The molecule has 0 spiro atoms. The van der Waals surface area contributed by atoms with Gasteiger partial charge in [-0.15, -0.1) is 0 Å². The van der Waals surface area contributed by atoms with Crippen molar-refractivity contribution in [2.24, 2.45) is 0 Å². The summed E-state index contributed by atoms with van der Waals surface area (Å²) in [6.45, 7) is 6.33. The van der Waals surface area contributed by atoms with Gasteiger partial charge in [0.15, 0.2) is 0 Å². The molecule has 4 rings (SSSR count). The lowest BCUT2D eigenvalue weighted by Gasteiger charge is -2.13. The number of amides is 1. The van der Waals surface area contributed by atoms with Crippen molar-refractivity contribution in [1.29, 1.82) is 0 Å². The van der Waals surface area contributed by atoms with Crippen LogP contribution in [-0.4, -0.2) is 25.2 Å². The van der Waals surface area contributed by atoms with Gasteiger partial charge in [-0.05, 0) is 53.8 Å². The fourth-order valence-electron chi connectivity index (χ4n) is 3.61. The zero-order valence-electron chi connectivity index (χ0n) is 19.9. The van der Waals surface area contributed by atoms with E-state index in [2.05, 4.69) is 29.2 Å². The van der Waals surface area contributed by atoms with Gasteiger partial charge in [0.1, 0.15) is 0 Å². The summed E-state index contributed by atoms with van der Waals surface area (Å²) in [5.74, 6) is -0.337. The zero-order valence-corrected chi connectivity index (χ0v) is 19.9. The Bertz CT molecular complexity index is 1440. The van der Waals surface area contributed by atoms with E-state index >= 15 is 0 Å². The number of pyridine rings is 1. The molecule has 8 nitrogen and oxygen atoms in total. The first-order valence-electron chi connectivity index (χ1n) is 11.4. The summed E-state index contributed by atoms with van der Waals surface area (Å²) in [6, 6.07) is 18.4. The highest BCUT2D eigenvalue weighted by Crippen LogP contribution is 2.15. The Labute approximate surface area is 202 Å². The lowest BCUT2D eigenvalue weighted by atomic mass is 10.0. The molecule has 0 unspecified atom stereocenters. The van der Waals surface area contributed by atoms with E-state index in [1.807, 2.05) is 43.3 Å². The van der Waals surface area contributed by atoms with Crippen LogP contribution < -0.4 is 16.6 Å². The van der Waals surface area contributed by atoms with Gasteiger partial charge in [-0.1, -0.05) is 55.8 Å². The number of aryl methyl sites for hydroxylation is 1. The number of hydrogen-bond donors (Lipinski definition) is 1.